The minimum Gasteiger partial charge on any atom is -0.324 e. The Kier molecular flexibility index (Phi) is 5.62. The Labute approximate surface area is 107 Å². The molecule has 3 N–H and O–H groups in total. The molecular formula is C13H22N2O3. The molecule has 5 nitrogen and oxygen atoms in total. The largest absolute Gasteiger partial charge is 0.324 e. The van der Waals surface area contributed by atoms with Crippen LogP contribution in [0.5, 0.6) is 0 Å². The molecule has 102 valence electrons. The molecule has 1 heterocycles. The van der Waals surface area contributed by atoms with Crippen molar-refractivity contribution in [2.45, 2.75) is 39.2 Å². The SMILES string of the molecule is CC[C@H](C)[C@@H]1CC(=O)C[C@@H](C(=O)CN)NCC1=O. The standard InChI is InChI=1S/C13H22N2O3/c1-3-8(2)10-4-9(16)5-11(12(17)6-14)15-7-13(10)18/h8,10-11,15H,3-7,14H2,1-2H3/t8-,10-,11-/m0/s1. The van der Waals surface area contributed by atoms with Gasteiger partial charge in [-0.3, -0.25) is 14.4 Å². The summed E-state index contributed by atoms with van der Waals surface area (Å²) in [6, 6.07) is -0.593. The number of ketones is 3. The number of rotatable bonds is 4. The number of hydrogen-bond donors (Lipinski definition) is 2. The van der Waals surface area contributed by atoms with Crippen LogP contribution in [-0.2, 0) is 14.4 Å². The fourth-order valence-electron chi connectivity index (χ4n) is 2.27. The first-order valence-corrected chi connectivity index (χ1v) is 6.50. The second-order valence-electron chi connectivity index (χ2n) is 5.01. The van der Waals surface area contributed by atoms with Crippen LogP contribution < -0.4 is 11.1 Å². The van der Waals surface area contributed by atoms with E-state index in [-0.39, 0.29) is 55.1 Å². The summed E-state index contributed by atoms with van der Waals surface area (Å²) < 4.78 is 0. The van der Waals surface area contributed by atoms with Gasteiger partial charge < -0.3 is 11.1 Å². The molecule has 0 aromatic carbocycles. The molecule has 1 aliphatic rings. The molecule has 0 bridgehead atoms. The number of nitrogens with one attached hydrogen (secondary N) is 1. The van der Waals surface area contributed by atoms with E-state index in [1.54, 1.807) is 0 Å². The molecule has 0 aliphatic carbocycles. The Balaban J connectivity index is 2.75. The van der Waals surface area contributed by atoms with E-state index in [1.807, 2.05) is 13.8 Å². The third-order valence-corrected chi connectivity index (χ3v) is 3.74. The quantitative estimate of drug-likeness (QED) is 0.741. The lowest BCUT2D eigenvalue weighted by Crippen LogP contribution is -2.47. The van der Waals surface area contributed by atoms with Crippen LogP contribution >= 0.6 is 0 Å². The third kappa shape index (κ3) is 3.71. The van der Waals surface area contributed by atoms with Crippen LogP contribution in [0.15, 0.2) is 0 Å². The summed E-state index contributed by atoms with van der Waals surface area (Å²) in [7, 11) is 0. The highest BCUT2D eigenvalue weighted by atomic mass is 16.1. The van der Waals surface area contributed by atoms with Crippen LogP contribution in [0.25, 0.3) is 0 Å². The number of carbonyl (C=O) groups is 3. The zero-order valence-electron chi connectivity index (χ0n) is 11.1. The van der Waals surface area contributed by atoms with Crippen LogP contribution in [0.4, 0.5) is 0 Å². The highest BCUT2D eigenvalue weighted by Gasteiger charge is 2.31. The summed E-state index contributed by atoms with van der Waals surface area (Å²) in [6.45, 7) is 4.04. The Morgan fingerprint density at radius 3 is 2.67 bits per heavy atom. The van der Waals surface area contributed by atoms with Gasteiger partial charge in [-0.15, -0.1) is 0 Å². The zero-order chi connectivity index (χ0) is 13.7. The fraction of sp³-hybridized carbons (Fsp3) is 0.769. The van der Waals surface area contributed by atoms with Crippen molar-refractivity contribution >= 4 is 17.3 Å². The Morgan fingerprint density at radius 1 is 1.44 bits per heavy atom. The molecule has 18 heavy (non-hydrogen) atoms. The summed E-state index contributed by atoms with van der Waals surface area (Å²) >= 11 is 0. The van der Waals surface area contributed by atoms with Crippen molar-refractivity contribution in [2.24, 2.45) is 17.6 Å². The first-order chi connectivity index (χ1) is 8.49. The summed E-state index contributed by atoms with van der Waals surface area (Å²) in [5.41, 5.74) is 5.28. The fourth-order valence-corrected chi connectivity index (χ4v) is 2.27. The number of nitrogens with two attached hydrogens (primary N) is 1. The predicted octanol–water partition coefficient (Wildman–Crippen LogP) is 0.0667. The smallest absolute Gasteiger partial charge is 0.163 e. The second kappa shape index (κ2) is 6.75. The lowest BCUT2D eigenvalue weighted by molar-refractivity contribution is -0.132. The van der Waals surface area contributed by atoms with Gasteiger partial charge in [-0.2, -0.15) is 0 Å². The Bertz CT molecular complexity index is 341. The summed E-state index contributed by atoms with van der Waals surface area (Å²) in [6.07, 6.45) is 1.27. The lowest BCUT2D eigenvalue weighted by atomic mass is 9.82. The molecular weight excluding hydrogens is 232 g/mol. The van der Waals surface area contributed by atoms with Gasteiger partial charge in [0.25, 0.3) is 0 Å². The van der Waals surface area contributed by atoms with E-state index in [1.165, 1.54) is 0 Å². The second-order valence-corrected chi connectivity index (χ2v) is 5.01. The Morgan fingerprint density at radius 2 is 2.11 bits per heavy atom. The van der Waals surface area contributed by atoms with Crippen molar-refractivity contribution in [3.8, 4) is 0 Å². The van der Waals surface area contributed by atoms with Crippen molar-refractivity contribution in [2.75, 3.05) is 13.1 Å². The van der Waals surface area contributed by atoms with Crippen molar-refractivity contribution in [3.05, 3.63) is 0 Å². The molecule has 0 radical (unpaired) electrons. The molecule has 0 aromatic rings. The number of hydrogen-bond acceptors (Lipinski definition) is 5. The summed E-state index contributed by atoms with van der Waals surface area (Å²) in [5.74, 6) is -0.244. The molecule has 3 atom stereocenters. The first-order valence-electron chi connectivity index (χ1n) is 6.50. The van der Waals surface area contributed by atoms with Crippen molar-refractivity contribution < 1.29 is 14.4 Å². The van der Waals surface area contributed by atoms with E-state index in [9.17, 15) is 14.4 Å². The predicted molar refractivity (Wildman–Crippen MR) is 68.0 cm³/mol. The molecule has 0 aromatic heterocycles. The topological polar surface area (TPSA) is 89.3 Å². The van der Waals surface area contributed by atoms with Gasteiger partial charge in [-0.1, -0.05) is 20.3 Å². The van der Waals surface area contributed by atoms with E-state index in [2.05, 4.69) is 5.32 Å². The van der Waals surface area contributed by atoms with Crippen LogP contribution in [0.3, 0.4) is 0 Å². The summed E-state index contributed by atoms with van der Waals surface area (Å²) in [5, 5.41) is 2.86. The van der Waals surface area contributed by atoms with Crippen LogP contribution in [0, 0.1) is 11.8 Å². The van der Waals surface area contributed by atoms with Gasteiger partial charge in [0.15, 0.2) is 5.78 Å². The molecule has 0 spiro atoms. The molecule has 1 fully saturated rings. The first kappa shape index (κ1) is 15.0. The van der Waals surface area contributed by atoms with Gasteiger partial charge in [0.05, 0.1) is 19.1 Å². The average molecular weight is 254 g/mol. The van der Waals surface area contributed by atoms with Gasteiger partial charge in [0.1, 0.15) is 11.6 Å². The molecule has 0 saturated carbocycles. The molecule has 1 saturated heterocycles. The van der Waals surface area contributed by atoms with Crippen LogP contribution in [0.2, 0.25) is 0 Å². The van der Waals surface area contributed by atoms with E-state index in [0.717, 1.165) is 6.42 Å². The van der Waals surface area contributed by atoms with Crippen molar-refractivity contribution in [1.29, 1.82) is 0 Å². The highest BCUT2D eigenvalue weighted by molar-refractivity contribution is 5.95. The Hall–Kier alpha value is -1.07. The minimum absolute atomic E-state index is 0.0206. The van der Waals surface area contributed by atoms with Gasteiger partial charge >= 0.3 is 0 Å². The van der Waals surface area contributed by atoms with Gasteiger partial charge in [-0.25, -0.2) is 0 Å². The summed E-state index contributed by atoms with van der Waals surface area (Å²) in [4.78, 5) is 35.4. The third-order valence-electron chi connectivity index (χ3n) is 3.74. The van der Waals surface area contributed by atoms with E-state index >= 15 is 0 Å². The number of Topliss-reactive ketones (excluding diaryl/α,β-unsaturated/α-hetero) is 3. The van der Waals surface area contributed by atoms with Crippen molar-refractivity contribution in [1.82, 2.24) is 5.32 Å². The van der Waals surface area contributed by atoms with E-state index in [0.29, 0.717) is 0 Å². The lowest BCUT2D eigenvalue weighted by Gasteiger charge is -2.26. The van der Waals surface area contributed by atoms with E-state index in [4.69, 9.17) is 5.73 Å². The molecule has 5 heteroatoms. The molecule has 1 rings (SSSR count). The normalized spacial score (nSPS) is 27.5. The number of carbonyl (C=O) groups excluding carboxylic acids is 3. The molecule has 1 aliphatic heterocycles. The maximum Gasteiger partial charge on any atom is 0.163 e. The van der Waals surface area contributed by atoms with Gasteiger partial charge in [0.2, 0.25) is 0 Å². The molecule has 0 amide bonds. The van der Waals surface area contributed by atoms with Gasteiger partial charge in [0, 0.05) is 18.8 Å². The minimum atomic E-state index is -0.593. The maximum atomic E-state index is 12.0. The van der Waals surface area contributed by atoms with Crippen LogP contribution in [-0.4, -0.2) is 36.5 Å². The van der Waals surface area contributed by atoms with Crippen molar-refractivity contribution in [3.63, 3.8) is 0 Å². The monoisotopic (exact) mass is 254 g/mol. The van der Waals surface area contributed by atoms with E-state index < -0.39 is 6.04 Å². The van der Waals surface area contributed by atoms with Crippen LogP contribution in [0.1, 0.15) is 33.1 Å². The zero-order valence-corrected chi connectivity index (χ0v) is 11.1. The van der Waals surface area contributed by atoms with Gasteiger partial charge in [-0.05, 0) is 5.92 Å². The average Bonchev–Trinajstić information content (AvgIpc) is 2.36. The maximum absolute atomic E-state index is 12.0. The highest BCUT2D eigenvalue weighted by Crippen LogP contribution is 2.22. The molecule has 0 unspecified atom stereocenters.